The second kappa shape index (κ2) is 8.32. The molecule has 0 radical (unpaired) electrons. The van der Waals surface area contributed by atoms with Gasteiger partial charge < -0.3 is 21.1 Å². The summed E-state index contributed by atoms with van der Waals surface area (Å²) in [6.45, 7) is 3.66. The number of primary amides is 1. The summed E-state index contributed by atoms with van der Waals surface area (Å²) in [5, 5.41) is 11.2. The normalized spacial score (nSPS) is 10.2. The molecule has 0 fully saturated rings. The molecule has 104 valence electrons. The molecule has 0 rings (SSSR count). The van der Waals surface area contributed by atoms with Crippen molar-refractivity contribution >= 4 is 17.9 Å². The second-order valence-electron chi connectivity index (χ2n) is 4.48. The third-order valence-corrected chi connectivity index (χ3v) is 2.19. The molecule has 7 heteroatoms. The third kappa shape index (κ3) is 8.37. The molecule has 18 heavy (non-hydrogen) atoms. The maximum atomic E-state index is 11.6. The van der Waals surface area contributed by atoms with Crippen LogP contribution in [0.25, 0.3) is 0 Å². The summed E-state index contributed by atoms with van der Waals surface area (Å²) in [5.41, 5.74) is 4.95. The number of carboxylic acid groups (broad SMARTS) is 1. The van der Waals surface area contributed by atoms with Crippen LogP contribution in [0.5, 0.6) is 0 Å². The monoisotopic (exact) mass is 259 g/mol. The number of hydrogen-bond acceptors (Lipinski definition) is 3. The van der Waals surface area contributed by atoms with Crippen molar-refractivity contribution in [1.29, 1.82) is 0 Å². The lowest BCUT2D eigenvalue weighted by molar-refractivity contribution is -0.137. The first kappa shape index (κ1) is 16.2. The van der Waals surface area contributed by atoms with Gasteiger partial charge in [0.2, 0.25) is 5.91 Å². The second-order valence-corrected chi connectivity index (χ2v) is 4.48. The van der Waals surface area contributed by atoms with Gasteiger partial charge in [0.25, 0.3) is 0 Å². The number of nitrogens with two attached hydrogens (primary N) is 1. The number of carbonyl (C=O) groups excluding carboxylic acids is 2. The minimum Gasteiger partial charge on any atom is -0.480 e. The van der Waals surface area contributed by atoms with Gasteiger partial charge in [0.15, 0.2) is 0 Å². The van der Waals surface area contributed by atoms with E-state index < -0.39 is 31.0 Å². The number of urea groups is 1. The van der Waals surface area contributed by atoms with Crippen LogP contribution in [-0.2, 0) is 9.59 Å². The third-order valence-electron chi connectivity index (χ3n) is 2.19. The molecule has 0 aromatic heterocycles. The van der Waals surface area contributed by atoms with E-state index in [1.54, 1.807) is 0 Å². The lowest BCUT2D eigenvalue weighted by Gasteiger charge is -2.19. The molecule has 0 heterocycles. The van der Waals surface area contributed by atoms with E-state index in [-0.39, 0.29) is 0 Å². The van der Waals surface area contributed by atoms with Crippen molar-refractivity contribution in [2.45, 2.75) is 26.7 Å². The van der Waals surface area contributed by atoms with Gasteiger partial charge in [-0.05, 0) is 18.8 Å². The average Bonchev–Trinajstić information content (AvgIpc) is 2.21. The molecular formula is C11H21N3O4. The fourth-order valence-corrected chi connectivity index (χ4v) is 1.37. The van der Waals surface area contributed by atoms with E-state index in [2.05, 4.69) is 19.2 Å². The molecule has 0 aromatic rings. The maximum Gasteiger partial charge on any atom is 0.323 e. The van der Waals surface area contributed by atoms with Gasteiger partial charge in [-0.1, -0.05) is 13.8 Å². The van der Waals surface area contributed by atoms with Crippen LogP contribution in [-0.4, -0.2) is 47.5 Å². The Bertz CT molecular complexity index is 289. The molecule has 0 saturated heterocycles. The number of carboxylic acids is 1. The Morgan fingerprint density at radius 1 is 1.28 bits per heavy atom. The highest BCUT2D eigenvalue weighted by molar-refractivity contribution is 5.85. The molecule has 0 spiro atoms. The Morgan fingerprint density at radius 2 is 1.89 bits per heavy atom. The number of nitrogens with zero attached hydrogens (tertiary/aromatic N) is 1. The van der Waals surface area contributed by atoms with Crippen molar-refractivity contribution in [3.05, 3.63) is 0 Å². The van der Waals surface area contributed by atoms with Gasteiger partial charge in [-0.2, -0.15) is 0 Å². The highest BCUT2D eigenvalue weighted by Gasteiger charge is 2.18. The highest BCUT2D eigenvalue weighted by atomic mass is 16.4. The first-order valence-corrected chi connectivity index (χ1v) is 5.85. The summed E-state index contributed by atoms with van der Waals surface area (Å²) < 4.78 is 0. The summed E-state index contributed by atoms with van der Waals surface area (Å²) in [6, 6.07) is -0.583. The summed E-state index contributed by atoms with van der Waals surface area (Å²) in [5.74, 6) is -1.38. The van der Waals surface area contributed by atoms with E-state index in [1.165, 1.54) is 0 Å². The highest BCUT2D eigenvalue weighted by Crippen LogP contribution is 2.02. The van der Waals surface area contributed by atoms with Gasteiger partial charge in [-0.3, -0.25) is 9.59 Å². The van der Waals surface area contributed by atoms with Gasteiger partial charge in [0.1, 0.15) is 13.1 Å². The predicted molar refractivity (Wildman–Crippen MR) is 65.9 cm³/mol. The number of carbonyl (C=O) groups is 3. The SMILES string of the molecule is CC(C)CCCNC(=O)N(CC(N)=O)CC(=O)O. The molecule has 0 aliphatic rings. The minimum absolute atomic E-state index is 0.400. The van der Waals surface area contributed by atoms with Crippen LogP contribution in [0, 0.1) is 5.92 Å². The number of aliphatic carboxylic acids is 1. The zero-order chi connectivity index (χ0) is 14.1. The number of rotatable bonds is 8. The quantitative estimate of drug-likeness (QED) is 0.532. The Kier molecular flexibility index (Phi) is 7.50. The fourth-order valence-electron chi connectivity index (χ4n) is 1.37. The van der Waals surface area contributed by atoms with Crippen molar-refractivity contribution in [2.24, 2.45) is 11.7 Å². The van der Waals surface area contributed by atoms with Crippen molar-refractivity contribution < 1.29 is 19.5 Å². The first-order chi connectivity index (χ1) is 8.32. The summed E-state index contributed by atoms with van der Waals surface area (Å²) in [4.78, 5) is 33.7. The van der Waals surface area contributed by atoms with Gasteiger partial charge >= 0.3 is 12.0 Å². The van der Waals surface area contributed by atoms with Gasteiger partial charge in [-0.15, -0.1) is 0 Å². The number of amides is 3. The first-order valence-electron chi connectivity index (χ1n) is 5.85. The molecule has 7 nitrogen and oxygen atoms in total. The van der Waals surface area contributed by atoms with Crippen molar-refractivity contribution in [2.75, 3.05) is 19.6 Å². The molecule has 3 amide bonds. The molecule has 0 unspecified atom stereocenters. The molecule has 0 aromatic carbocycles. The van der Waals surface area contributed by atoms with Crippen LogP contribution in [0.4, 0.5) is 4.79 Å². The lowest BCUT2D eigenvalue weighted by atomic mass is 10.1. The molecule has 0 atom stereocenters. The maximum absolute atomic E-state index is 11.6. The average molecular weight is 259 g/mol. The van der Waals surface area contributed by atoms with Crippen LogP contribution in [0.1, 0.15) is 26.7 Å². The molecule has 4 N–H and O–H groups in total. The Labute approximate surface area is 106 Å². The molecule has 0 saturated carbocycles. The topological polar surface area (TPSA) is 113 Å². The van der Waals surface area contributed by atoms with Gasteiger partial charge in [-0.25, -0.2) is 4.79 Å². The van der Waals surface area contributed by atoms with E-state index >= 15 is 0 Å². The molecule has 0 aliphatic carbocycles. The Hall–Kier alpha value is -1.79. The number of hydrogen-bond donors (Lipinski definition) is 3. The molecular weight excluding hydrogens is 238 g/mol. The van der Waals surface area contributed by atoms with Crippen LogP contribution < -0.4 is 11.1 Å². The van der Waals surface area contributed by atoms with Gasteiger partial charge in [0.05, 0.1) is 0 Å². The van der Waals surface area contributed by atoms with Crippen LogP contribution in [0.2, 0.25) is 0 Å². The Balaban J connectivity index is 4.12. The molecule has 0 aliphatic heterocycles. The van der Waals surface area contributed by atoms with Crippen LogP contribution >= 0.6 is 0 Å². The van der Waals surface area contributed by atoms with Crippen molar-refractivity contribution in [3.8, 4) is 0 Å². The smallest absolute Gasteiger partial charge is 0.323 e. The minimum atomic E-state index is -1.19. The van der Waals surface area contributed by atoms with Crippen LogP contribution in [0.15, 0.2) is 0 Å². The van der Waals surface area contributed by atoms with Crippen molar-refractivity contribution in [1.82, 2.24) is 10.2 Å². The fraction of sp³-hybridized carbons (Fsp3) is 0.727. The Morgan fingerprint density at radius 3 is 2.33 bits per heavy atom. The summed E-state index contributed by atoms with van der Waals surface area (Å²) in [6.07, 6.45) is 1.77. The standard InChI is InChI=1S/C11H21N3O4/c1-8(2)4-3-5-13-11(18)14(6-9(12)15)7-10(16)17/h8H,3-7H2,1-2H3,(H2,12,15)(H,13,18)(H,16,17). The zero-order valence-corrected chi connectivity index (χ0v) is 10.8. The van der Waals surface area contributed by atoms with E-state index in [1.807, 2.05) is 0 Å². The van der Waals surface area contributed by atoms with E-state index in [0.29, 0.717) is 12.5 Å². The molecule has 0 bridgehead atoms. The van der Waals surface area contributed by atoms with E-state index in [0.717, 1.165) is 17.7 Å². The zero-order valence-electron chi connectivity index (χ0n) is 10.8. The van der Waals surface area contributed by atoms with Gasteiger partial charge in [0, 0.05) is 6.54 Å². The number of nitrogens with one attached hydrogen (secondary N) is 1. The lowest BCUT2D eigenvalue weighted by Crippen LogP contribution is -2.46. The van der Waals surface area contributed by atoms with Crippen LogP contribution in [0.3, 0.4) is 0 Å². The van der Waals surface area contributed by atoms with E-state index in [4.69, 9.17) is 10.8 Å². The summed E-state index contributed by atoms with van der Waals surface area (Å²) >= 11 is 0. The predicted octanol–water partition coefficient (Wildman–Crippen LogP) is 0.00410. The van der Waals surface area contributed by atoms with E-state index in [9.17, 15) is 14.4 Å². The summed E-state index contributed by atoms with van der Waals surface area (Å²) in [7, 11) is 0. The van der Waals surface area contributed by atoms with Crippen molar-refractivity contribution in [3.63, 3.8) is 0 Å². The largest absolute Gasteiger partial charge is 0.480 e.